The Hall–Kier alpha value is -1.82. The van der Waals surface area contributed by atoms with E-state index in [2.05, 4.69) is 47.0 Å². The van der Waals surface area contributed by atoms with E-state index < -0.39 is 0 Å². The largest absolute Gasteiger partial charge is 0.368 e. The zero-order valence-electron chi connectivity index (χ0n) is 11.5. The number of aryl methyl sites for hydroxylation is 2. The topological polar surface area (TPSA) is 67.9 Å². The zero-order chi connectivity index (χ0) is 14.0. The van der Waals surface area contributed by atoms with Crippen LogP contribution in [-0.4, -0.2) is 29.0 Å². The maximum Gasteiger partial charge on any atom is 0.230 e. The van der Waals surface area contributed by atoms with Gasteiger partial charge in [0.1, 0.15) is 0 Å². The average Bonchev–Trinajstić information content (AvgIpc) is 2.32. The number of benzene rings is 1. The highest BCUT2D eigenvalue weighted by Crippen LogP contribution is 2.29. The van der Waals surface area contributed by atoms with Crippen molar-refractivity contribution in [1.29, 1.82) is 0 Å². The molecule has 0 amide bonds. The number of aromatic nitrogens is 3. The van der Waals surface area contributed by atoms with E-state index in [1.807, 2.05) is 19.0 Å². The van der Waals surface area contributed by atoms with Crippen LogP contribution in [0.15, 0.2) is 28.3 Å². The van der Waals surface area contributed by atoms with Crippen molar-refractivity contribution in [2.75, 3.05) is 24.7 Å². The first-order chi connectivity index (χ1) is 8.95. The molecule has 19 heavy (non-hydrogen) atoms. The third-order valence-corrected chi connectivity index (χ3v) is 3.60. The van der Waals surface area contributed by atoms with Gasteiger partial charge in [-0.1, -0.05) is 17.7 Å². The number of rotatable bonds is 3. The maximum absolute atomic E-state index is 5.71. The van der Waals surface area contributed by atoms with Crippen molar-refractivity contribution >= 4 is 23.7 Å². The lowest BCUT2D eigenvalue weighted by atomic mass is 10.2. The minimum Gasteiger partial charge on any atom is -0.368 e. The molecule has 5 nitrogen and oxygen atoms in total. The minimum absolute atomic E-state index is 0.242. The fourth-order valence-corrected chi connectivity index (χ4v) is 2.44. The fourth-order valence-electron chi connectivity index (χ4n) is 1.62. The highest BCUT2D eigenvalue weighted by Gasteiger charge is 2.09. The van der Waals surface area contributed by atoms with Crippen LogP contribution in [0, 0.1) is 13.8 Å². The van der Waals surface area contributed by atoms with E-state index >= 15 is 0 Å². The lowest BCUT2D eigenvalue weighted by Gasteiger charge is -2.11. The molecule has 2 aromatic rings. The first-order valence-electron chi connectivity index (χ1n) is 5.89. The number of anilines is 2. The molecule has 1 heterocycles. The number of hydrogen-bond donors (Lipinski definition) is 1. The molecule has 0 aliphatic heterocycles. The smallest absolute Gasteiger partial charge is 0.230 e. The van der Waals surface area contributed by atoms with Crippen LogP contribution < -0.4 is 10.6 Å². The standard InChI is InChI=1S/C13H17N5S/c1-8-5-6-10(9(2)7-8)19-13-16-11(14)15-12(17-13)18(3)4/h5-7H,1-4H3,(H2,14,15,16,17). The molecular formula is C13H17N5S. The molecule has 1 aromatic carbocycles. The number of nitrogens with two attached hydrogens (primary N) is 1. The fraction of sp³-hybridized carbons (Fsp3) is 0.308. The molecule has 0 saturated carbocycles. The second-order valence-electron chi connectivity index (χ2n) is 4.54. The molecule has 0 aliphatic rings. The Balaban J connectivity index is 2.32. The molecule has 1 aromatic heterocycles. The van der Waals surface area contributed by atoms with Gasteiger partial charge in [-0.25, -0.2) is 0 Å². The van der Waals surface area contributed by atoms with Gasteiger partial charge in [0, 0.05) is 19.0 Å². The van der Waals surface area contributed by atoms with Crippen molar-refractivity contribution in [3.8, 4) is 0 Å². The van der Waals surface area contributed by atoms with Gasteiger partial charge in [-0.3, -0.25) is 0 Å². The van der Waals surface area contributed by atoms with Crippen molar-refractivity contribution < 1.29 is 0 Å². The number of hydrogen-bond acceptors (Lipinski definition) is 6. The first kappa shape index (κ1) is 13.6. The summed E-state index contributed by atoms with van der Waals surface area (Å²) in [4.78, 5) is 15.6. The summed E-state index contributed by atoms with van der Waals surface area (Å²) in [5.74, 6) is 0.811. The minimum atomic E-state index is 0.242. The Morgan fingerprint density at radius 2 is 1.84 bits per heavy atom. The van der Waals surface area contributed by atoms with E-state index in [1.54, 1.807) is 0 Å². The van der Waals surface area contributed by atoms with Gasteiger partial charge in [-0.2, -0.15) is 15.0 Å². The molecule has 0 aliphatic carbocycles. The van der Waals surface area contributed by atoms with Gasteiger partial charge >= 0.3 is 0 Å². The van der Waals surface area contributed by atoms with E-state index in [-0.39, 0.29) is 5.95 Å². The Morgan fingerprint density at radius 1 is 1.11 bits per heavy atom. The Bertz CT molecular complexity index is 598. The van der Waals surface area contributed by atoms with Gasteiger partial charge < -0.3 is 10.6 Å². The van der Waals surface area contributed by atoms with Gasteiger partial charge in [0.15, 0.2) is 5.16 Å². The second kappa shape index (κ2) is 5.44. The molecule has 100 valence electrons. The van der Waals surface area contributed by atoms with Crippen LogP contribution in [0.25, 0.3) is 0 Å². The molecule has 0 atom stereocenters. The molecule has 6 heteroatoms. The molecule has 0 bridgehead atoms. The molecule has 0 saturated heterocycles. The van der Waals surface area contributed by atoms with Gasteiger partial charge in [-0.15, -0.1) is 0 Å². The SMILES string of the molecule is Cc1ccc(Sc2nc(N)nc(N(C)C)n2)c(C)c1. The summed E-state index contributed by atoms with van der Waals surface area (Å²) in [6.45, 7) is 4.15. The van der Waals surface area contributed by atoms with Gasteiger partial charge in [0.2, 0.25) is 11.9 Å². The van der Waals surface area contributed by atoms with Crippen LogP contribution in [-0.2, 0) is 0 Å². The molecule has 2 N–H and O–H groups in total. The van der Waals surface area contributed by atoms with Crippen LogP contribution in [0.3, 0.4) is 0 Å². The van der Waals surface area contributed by atoms with Crippen LogP contribution >= 0.6 is 11.8 Å². The monoisotopic (exact) mass is 275 g/mol. The third-order valence-electron chi connectivity index (χ3n) is 2.55. The Kier molecular flexibility index (Phi) is 3.90. The van der Waals surface area contributed by atoms with Gasteiger partial charge in [-0.05, 0) is 37.2 Å². The highest BCUT2D eigenvalue weighted by molar-refractivity contribution is 7.99. The van der Waals surface area contributed by atoms with Crippen LogP contribution in [0.2, 0.25) is 0 Å². The van der Waals surface area contributed by atoms with Crippen molar-refractivity contribution in [2.45, 2.75) is 23.9 Å². The average molecular weight is 275 g/mol. The van der Waals surface area contributed by atoms with Gasteiger partial charge in [0.25, 0.3) is 0 Å². The van der Waals surface area contributed by atoms with Crippen molar-refractivity contribution in [1.82, 2.24) is 15.0 Å². The number of nitrogen functional groups attached to an aromatic ring is 1. The number of nitrogens with zero attached hydrogens (tertiary/aromatic N) is 4. The van der Waals surface area contributed by atoms with E-state index in [0.29, 0.717) is 11.1 Å². The van der Waals surface area contributed by atoms with E-state index in [1.165, 1.54) is 22.9 Å². The summed E-state index contributed by atoms with van der Waals surface area (Å²) in [6, 6.07) is 6.29. The van der Waals surface area contributed by atoms with E-state index in [4.69, 9.17) is 5.73 Å². The summed E-state index contributed by atoms with van der Waals surface area (Å²) in [5.41, 5.74) is 8.16. The zero-order valence-corrected chi connectivity index (χ0v) is 12.3. The van der Waals surface area contributed by atoms with Crippen molar-refractivity contribution in [3.05, 3.63) is 29.3 Å². The second-order valence-corrected chi connectivity index (χ2v) is 5.55. The summed E-state index contributed by atoms with van der Waals surface area (Å²) in [5, 5.41) is 0.614. The molecular weight excluding hydrogens is 258 g/mol. The summed E-state index contributed by atoms with van der Waals surface area (Å²) < 4.78 is 0. The molecule has 0 fully saturated rings. The molecule has 0 radical (unpaired) electrons. The lowest BCUT2D eigenvalue weighted by molar-refractivity contribution is 0.875. The quantitative estimate of drug-likeness (QED) is 0.927. The Labute approximate surface area is 117 Å². The molecule has 0 unspecified atom stereocenters. The van der Waals surface area contributed by atoms with E-state index in [9.17, 15) is 0 Å². The maximum atomic E-state index is 5.71. The van der Waals surface area contributed by atoms with Crippen LogP contribution in [0.5, 0.6) is 0 Å². The summed E-state index contributed by atoms with van der Waals surface area (Å²) in [7, 11) is 3.75. The van der Waals surface area contributed by atoms with Crippen LogP contribution in [0.4, 0.5) is 11.9 Å². The molecule has 2 rings (SSSR count). The lowest BCUT2D eigenvalue weighted by Crippen LogP contribution is -2.15. The van der Waals surface area contributed by atoms with Crippen LogP contribution in [0.1, 0.15) is 11.1 Å². The molecule has 0 spiro atoms. The van der Waals surface area contributed by atoms with E-state index in [0.717, 1.165) is 4.90 Å². The van der Waals surface area contributed by atoms with Crippen molar-refractivity contribution in [2.24, 2.45) is 0 Å². The first-order valence-corrected chi connectivity index (χ1v) is 6.71. The summed E-state index contributed by atoms with van der Waals surface area (Å²) >= 11 is 1.50. The third kappa shape index (κ3) is 3.35. The Morgan fingerprint density at radius 3 is 2.47 bits per heavy atom. The van der Waals surface area contributed by atoms with Gasteiger partial charge in [0.05, 0.1) is 0 Å². The predicted molar refractivity (Wildman–Crippen MR) is 78.6 cm³/mol. The highest BCUT2D eigenvalue weighted by atomic mass is 32.2. The predicted octanol–water partition coefficient (Wildman–Crippen LogP) is 2.29. The normalized spacial score (nSPS) is 10.5. The van der Waals surface area contributed by atoms with Crippen molar-refractivity contribution in [3.63, 3.8) is 0 Å². The summed E-state index contributed by atoms with van der Waals surface area (Å²) in [6.07, 6.45) is 0.